The quantitative estimate of drug-likeness (QED) is 0.628. The Hall–Kier alpha value is -0.260. The molecule has 1 N–H and O–H groups in total. The molecular weight excluding hydrogens is 148 g/mol. The van der Waals surface area contributed by atoms with Crippen LogP contribution in [0.25, 0.3) is 0 Å². The summed E-state index contributed by atoms with van der Waals surface area (Å²) < 4.78 is 0. The summed E-state index contributed by atoms with van der Waals surface area (Å²) in [5, 5.41) is 11.9. The van der Waals surface area contributed by atoms with Gasteiger partial charge >= 0.3 is 0 Å². The van der Waals surface area contributed by atoms with Gasteiger partial charge in [-0.3, -0.25) is 0 Å². The lowest BCUT2D eigenvalue weighted by atomic mass is 9.86. The van der Waals surface area contributed by atoms with Crippen LogP contribution >= 0.6 is 12.4 Å². The van der Waals surface area contributed by atoms with Gasteiger partial charge in [0.2, 0.25) is 0 Å². The van der Waals surface area contributed by atoms with E-state index in [1.54, 1.807) is 0 Å². The van der Waals surface area contributed by atoms with E-state index in [1.807, 2.05) is 0 Å². The Labute approximate surface area is 68.0 Å². The molecule has 0 aliphatic carbocycles. The average molecular weight is 161 g/mol. The third kappa shape index (κ3) is 1.62. The maximum Gasteiger partial charge on any atom is 0.0707 e. The fraction of sp³-hybridized carbons (Fsp3) is 0.857. The number of nitrogens with one attached hydrogen (secondary N) is 1. The second-order valence-electron chi connectivity index (χ2n) is 2.67. The van der Waals surface area contributed by atoms with Crippen LogP contribution in [0.5, 0.6) is 0 Å². The van der Waals surface area contributed by atoms with E-state index in [-0.39, 0.29) is 17.8 Å². The van der Waals surface area contributed by atoms with Gasteiger partial charge in [-0.15, -0.1) is 12.4 Å². The standard InChI is InChI=1S/C7H12N2.ClH/c1-2-7(5-8)3-4-9-6-7;/h9H,2-4,6H2,1H3;1H. The Balaban J connectivity index is 0.000000810. The highest BCUT2D eigenvalue weighted by molar-refractivity contribution is 5.85. The highest BCUT2D eigenvalue weighted by Crippen LogP contribution is 2.27. The number of hydrogen-bond acceptors (Lipinski definition) is 2. The lowest BCUT2D eigenvalue weighted by Gasteiger charge is -2.14. The van der Waals surface area contributed by atoms with Gasteiger partial charge in [0.05, 0.1) is 11.5 Å². The summed E-state index contributed by atoms with van der Waals surface area (Å²) in [6, 6.07) is 2.36. The normalized spacial score (nSPS) is 30.8. The van der Waals surface area contributed by atoms with Gasteiger partial charge in [0.15, 0.2) is 0 Å². The summed E-state index contributed by atoms with van der Waals surface area (Å²) in [6.45, 7) is 3.98. The monoisotopic (exact) mass is 160 g/mol. The topological polar surface area (TPSA) is 35.8 Å². The molecule has 1 aliphatic heterocycles. The zero-order valence-electron chi connectivity index (χ0n) is 6.18. The molecule has 1 unspecified atom stereocenters. The first-order chi connectivity index (χ1) is 4.33. The van der Waals surface area contributed by atoms with Crippen molar-refractivity contribution < 1.29 is 0 Å². The number of nitrogens with zero attached hydrogens (tertiary/aromatic N) is 1. The fourth-order valence-corrected chi connectivity index (χ4v) is 1.22. The summed E-state index contributed by atoms with van der Waals surface area (Å²) >= 11 is 0. The first kappa shape index (κ1) is 9.74. The van der Waals surface area contributed by atoms with E-state index < -0.39 is 0 Å². The van der Waals surface area contributed by atoms with Gasteiger partial charge in [0.25, 0.3) is 0 Å². The van der Waals surface area contributed by atoms with Crippen molar-refractivity contribution in [2.45, 2.75) is 19.8 Å². The summed E-state index contributed by atoms with van der Waals surface area (Å²) in [4.78, 5) is 0. The third-order valence-corrected chi connectivity index (χ3v) is 2.16. The number of halogens is 1. The lowest BCUT2D eigenvalue weighted by molar-refractivity contribution is 0.425. The van der Waals surface area contributed by atoms with Crippen molar-refractivity contribution in [2.24, 2.45) is 5.41 Å². The van der Waals surface area contributed by atoms with Crippen LogP contribution in [0.2, 0.25) is 0 Å². The molecule has 1 fully saturated rings. The van der Waals surface area contributed by atoms with Crippen LogP contribution in [-0.4, -0.2) is 13.1 Å². The van der Waals surface area contributed by atoms with E-state index in [9.17, 15) is 0 Å². The Morgan fingerprint density at radius 1 is 1.70 bits per heavy atom. The number of hydrogen-bond donors (Lipinski definition) is 1. The fourth-order valence-electron chi connectivity index (χ4n) is 1.22. The van der Waals surface area contributed by atoms with Gasteiger partial charge in [-0.05, 0) is 19.4 Å². The number of nitriles is 1. The molecule has 1 rings (SSSR count). The molecule has 10 heavy (non-hydrogen) atoms. The van der Waals surface area contributed by atoms with Crippen LogP contribution in [0, 0.1) is 16.7 Å². The molecule has 3 heteroatoms. The molecular formula is C7H13ClN2. The van der Waals surface area contributed by atoms with Crippen LogP contribution in [0.3, 0.4) is 0 Å². The second-order valence-corrected chi connectivity index (χ2v) is 2.67. The second kappa shape index (κ2) is 3.80. The molecule has 0 amide bonds. The van der Waals surface area contributed by atoms with E-state index in [4.69, 9.17) is 5.26 Å². The molecule has 1 heterocycles. The van der Waals surface area contributed by atoms with Crippen LogP contribution < -0.4 is 5.32 Å². The van der Waals surface area contributed by atoms with Crippen LogP contribution in [0.4, 0.5) is 0 Å². The molecule has 1 aliphatic rings. The predicted molar refractivity (Wildman–Crippen MR) is 43.1 cm³/mol. The average Bonchev–Trinajstić information content (AvgIpc) is 2.36. The van der Waals surface area contributed by atoms with Crippen molar-refractivity contribution in [3.05, 3.63) is 0 Å². The maximum atomic E-state index is 8.73. The first-order valence-electron chi connectivity index (χ1n) is 3.45. The molecule has 0 saturated carbocycles. The summed E-state index contributed by atoms with van der Waals surface area (Å²) in [7, 11) is 0. The molecule has 2 nitrogen and oxygen atoms in total. The summed E-state index contributed by atoms with van der Waals surface area (Å²) in [5.41, 5.74) is -0.0278. The van der Waals surface area contributed by atoms with Gasteiger partial charge in [-0.1, -0.05) is 6.92 Å². The largest absolute Gasteiger partial charge is 0.315 e. The smallest absolute Gasteiger partial charge is 0.0707 e. The highest BCUT2D eigenvalue weighted by atomic mass is 35.5. The van der Waals surface area contributed by atoms with Crippen LogP contribution in [0.1, 0.15) is 19.8 Å². The third-order valence-electron chi connectivity index (χ3n) is 2.16. The zero-order valence-corrected chi connectivity index (χ0v) is 7.00. The summed E-state index contributed by atoms with van der Waals surface area (Å²) in [5.74, 6) is 0. The molecule has 0 spiro atoms. The van der Waals surface area contributed by atoms with Gasteiger partial charge in [-0.25, -0.2) is 0 Å². The Kier molecular flexibility index (Phi) is 3.70. The Bertz CT molecular complexity index is 133. The lowest BCUT2D eigenvalue weighted by Crippen LogP contribution is -2.20. The van der Waals surface area contributed by atoms with Crippen molar-refractivity contribution in [3.8, 4) is 6.07 Å². The van der Waals surface area contributed by atoms with Crippen molar-refractivity contribution in [1.82, 2.24) is 5.32 Å². The minimum Gasteiger partial charge on any atom is -0.315 e. The minimum absolute atomic E-state index is 0. The molecule has 0 radical (unpaired) electrons. The maximum absolute atomic E-state index is 8.73. The Morgan fingerprint density at radius 2 is 2.40 bits per heavy atom. The van der Waals surface area contributed by atoms with Crippen molar-refractivity contribution in [1.29, 1.82) is 5.26 Å². The minimum atomic E-state index is -0.0278. The molecule has 0 bridgehead atoms. The van der Waals surface area contributed by atoms with Crippen molar-refractivity contribution in [3.63, 3.8) is 0 Å². The number of rotatable bonds is 1. The van der Waals surface area contributed by atoms with Crippen molar-refractivity contribution in [2.75, 3.05) is 13.1 Å². The van der Waals surface area contributed by atoms with Gasteiger partial charge in [0, 0.05) is 6.54 Å². The van der Waals surface area contributed by atoms with Crippen LogP contribution in [-0.2, 0) is 0 Å². The first-order valence-corrected chi connectivity index (χ1v) is 3.45. The van der Waals surface area contributed by atoms with E-state index in [1.165, 1.54) is 0 Å². The van der Waals surface area contributed by atoms with Gasteiger partial charge < -0.3 is 5.32 Å². The predicted octanol–water partition coefficient (Wildman–Crippen LogP) is 1.32. The zero-order chi connectivity index (χ0) is 6.74. The van der Waals surface area contributed by atoms with E-state index >= 15 is 0 Å². The SMILES string of the molecule is CCC1(C#N)CCNC1.Cl. The molecule has 1 saturated heterocycles. The van der Waals surface area contributed by atoms with Crippen molar-refractivity contribution >= 4 is 12.4 Å². The van der Waals surface area contributed by atoms with E-state index in [0.29, 0.717) is 0 Å². The van der Waals surface area contributed by atoms with E-state index in [2.05, 4.69) is 18.3 Å². The van der Waals surface area contributed by atoms with Gasteiger partial charge in [-0.2, -0.15) is 5.26 Å². The van der Waals surface area contributed by atoms with E-state index in [0.717, 1.165) is 25.9 Å². The molecule has 0 aromatic rings. The summed E-state index contributed by atoms with van der Waals surface area (Å²) in [6.07, 6.45) is 2.01. The highest BCUT2D eigenvalue weighted by Gasteiger charge is 2.31. The molecule has 0 aromatic heterocycles. The molecule has 58 valence electrons. The van der Waals surface area contributed by atoms with Gasteiger partial charge in [0.1, 0.15) is 0 Å². The van der Waals surface area contributed by atoms with Crippen LogP contribution in [0.15, 0.2) is 0 Å². The molecule has 0 aromatic carbocycles. The Morgan fingerprint density at radius 3 is 2.60 bits per heavy atom. The molecule has 1 atom stereocenters.